The van der Waals surface area contributed by atoms with Gasteiger partial charge in [0, 0.05) is 19.0 Å². The van der Waals surface area contributed by atoms with Crippen LogP contribution in [-0.2, 0) is 18.5 Å². The molecule has 2 aromatic heterocycles. The van der Waals surface area contributed by atoms with Crippen molar-refractivity contribution in [3.05, 3.63) is 35.2 Å². The number of aromatic nitrogens is 2. The van der Waals surface area contributed by atoms with Gasteiger partial charge in [0.1, 0.15) is 11.5 Å². The van der Waals surface area contributed by atoms with Gasteiger partial charge in [-0.3, -0.25) is 9.89 Å². The maximum absolute atomic E-state index is 5.83. The summed E-state index contributed by atoms with van der Waals surface area (Å²) in [5.41, 5.74) is 0.951. The number of piperidine rings is 1. The highest BCUT2D eigenvalue weighted by Crippen LogP contribution is 2.22. The van der Waals surface area contributed by atoms with E-state index in [0.29, 0.717) is 18.4 Å². The molecule has 8 nitrogen and oxygen atoms in total. The van der Waals surface area contributed by atoms with Gasteiger partial charge >= 0.3 is 0 Å². The number of nitrogens with zero attached hydrogens (tertiary/aromatic N) is 4. The van der Waals surface area contributed by atoms with Crippen LogP contribution >= 0.6 is 24.0 Å². The van der Waals surface area contributed by atoms with Gasteiger partial charge in [0.2, 0.25) is 11.8 Å². The van der Waals surface area contributed by atoms with Crippen LogP contribution in [0.3, 0.4) is 0 Å². The smallest absolute Gasteiger partial charge is 0.213 e. The molecule has 0 aromatic carbocycles. The zero-order valence-electron chi connectivity index (χ0n) is 19.6. The Morgan fingerprint density at radius 1 is 1.16 bits per heavy atom. The average molecular weight is 544 g/mol. The first-order chi connectivity index (χ1) is 14.2. The largest absolute Gasteiger partial charge is 0.444 e. The minimum Gasteiger partial charge on any atom is -0.444 e. The van der Waals surface area contributed by atoms with E-state index in [1.54, 1.807) is 7.05 Å². The molecule has 2 N–H and O–H groups in total. The molecule has 1 fully saturated rings. The minimum absolute atomic E-state index is 0. The molecule has 0 bridgehead atoms. The number of guanidine groups is 1. The van der Waals surface area contributed by atoms with Crippen molar-refractivity contribution in [3.63, 3.8) is 0 Å². The summed E-state index contributed by atoms with van der Waals surface area (Å²) in [5, 5.41) is 6.73. The number of aryl methyl sites for hydroxylation is 2. The van der Waals surface area contributed by atoms with Crippen LogP contribution in [0.25, 0.3) is 0 Å². The Balaban J connectivity index is 0.00000341. The Labute approximate surface area is 202 Å². The van der Waals surface area contributed by atoms with E-state index in [1.165, 1.54) is 0 Å². The Morgan fingerprint density at radius 3 is 2.42 bits per heavy atom. The van der Waals surface area contributed by atoms with Gasteiger partial charge in [-0.2, -0.15) is 0 Å². The van der Waals surface area contributed by atoms with E-state index in [0.717, 1.165) is 68.1 Å². The van der Waals surface area contributed by atoms with Gasteiger partial charge < -0.3 is 19.5 Å². The summed E-state index contributed by atoms with van der Waals surface area (Å²) in [6, 6.07) is 0. The summed E-state index contributed by atoms with van der Waals surface area (Å²) in [4.78, 5) is 15.6. The highest BCUT2D eigenvalue weighted by atomic mass is 127. The van der Waals surface area contributed by atoms with Gasteiger partial charge in [-0.1, -0.05) is 20.8 Å². The molecule has 1 aliphatic rings. The van der Waals surface area contributed by atoms with Crippen molar-refractivity contribution < 1.29 is 8.83 Å². The van der Waals surface area contributed by atoms with E-state index in [9.17, 15) is 0 Å². The zero-order chi connectivity index (χ0) is 21.7. The molecule has 0 amide bonds. The number of likely N-dealkylation sites (tertiary alicyclic amines) is 1. The second kappa shape index (κ2) is 11.3. The third-order valence-electron chi connectivity index (χ3n) is 5.62. The lowest BCUT2D eigenvalue weighted by Crippen LogP contribution is -2.42. The molecule has 1 aliphatic heterocycles. The van der Waals surface area contributed by atoms with Crippen molar-refractivity contribution in [2.75, 3.05) is 26.7 Å². The number of nitrogens with one attached hydrogen (secondary N) is 2. The van der Waals surface area contributed by atoms with E-state index in [2.05, 4.69) is 51.3 Å². The van der Waals surface area contributed by atoms with Gasteiger partial charge in [0.05, 0.1) is 25.0 Å². The minimum atomic E-state index is -0.0370. The summed E-state index contributed by atoms with van der Waals surface area (Å²) in [5.74, 6) is 4.72. The van der Waals surface area contributed by atoms with E-state index in [4.69, 9.17) is 8.83 Å². The molecule has 9 heteroatoms. The summed E-state index contributed by atoms with van der Waals surface area (Å²) in [6.45, 7) is 14.6. The average Bonchev–Trinajstić information content (AvgIpc) is 3.30. The van der Waals surface area contributed by atoms with E-state index >= 15 is 0 Å². The number of hydrogen-bond acceptors (Lipinski definition) is 6. The summed E-state index contributed by atoms with van der Waals surface area (Å²) < 4.78 is 11.6. The Hall–Kier alpha value is -1.62. The van der Waals surface area contributed by atoms with Crippen molar-refractivity contribution in [1.29, 1.82) is 0 Å². The summed E-state index contributed by atoms with van der Waals surface area (Å²) >= 11 is 0. The van der Waals surface area contributed by atoms with Crippen molar-refractivity contribution in [3.8, 4) is 0 Å². The van der Waals surface area contributed by atoms with Crippen LogP contribution in [0.4, 0.5) is 0 Å². The molecule has 0 unspecified atom stereocenters. The van der Waals surface area contributed by atoms with Gasteiger partial charge in [-0.15, -0.1) is 24.0 Å². The Kier molecular flexibility index (Phi) is 9.35. The quantitative estimate of drug-likeness (QED) is 0.325. The van der Waals surface area contributed by atoms with Crippen molar-refractivity contribution in [2.24, 2.45) is 10.9 Å². The molecule has 31 heavy (non-hydrogen) atoms. The maximum atomic E-state index is 5.83. The first-order valence-electron chi connectivity index (χ1n) is 10.8. The lowest BCUT2D eigenvalue weighted by molar-refractivity contribution is 0.164. The van der Waals surface area contributed by atoms with Crippen LogP contribution in [0.5, 0.6) is 0 Å². The number of oxazole rings is 2. The van der Waals surface area contributed by atoms with Gasteiger partial charge in [-0.05, 0) is 45.7 Å². The first kappa shape index (κ1) is 25.6. The molecular formula is C22H37IN6O2. The molecule has 0 aliphatic carbocycles. The van der Waals surface area contributed by atoms with Crippen LogP contribution in [-0.4, -0.2) is 47.5 Å². The molecule has 0 atom stereocenters. The van der Waals surface area contributed by atoms with Crippen LogP contribution in [0.15, 0.2) is 20.0 Å². The summed E-state index contributed by atoms with van der Waals surface area (Å²) in [6.07, 6.45) is 4.11. The lowest BCUT2D eigenvalue weighted by atomic mass is 9.94. The van der Waals surface area contributed by atoms with Crippen LogP contribution in [0.2, 0.25) is 0 Å². The molecule has 3 rings (SSSR count). The molecule has 0 radical (unpaired) electrons. The fourth-order valence-corrected chi connectivity index (χ4v) is 3.51. The second-order valence-corrected chi connectivity index (χ2v) is 9.14. The van der Waals surface area contributed by atoms with Crippen LogP contribution in [0.1, 0.15) is 62.6 Å². The molecule has 0 spiro atoms. The van der Waals surface area contributed by atoms with Gasteiger partial charge in [0.15, 0.2) is 5.96 Å². The second-order valence-electron chi connectivity index (χ2n) is 9.14. The number of aliphatic imine (C=N–C) groups is 1. The highest BCUT2D eigenvalue weighted by Gasteiger charge is 2.22. The highest BCUT2D eigenvalue weighted by molar-refractivity contribution is 14.0. The molecule has 3 heterocycles. The number of rotatable bonds is 6. The molecule has 2 aromatic rings. The fourth-order valence-electron chi connectivity index (χ4n) is 3.51. The first-order valence-corrected chi connectivity index (χ1v) is 10.8. The third kappa shape index (κ3) is 7.48. The van der Waals surface area contributed by atoms with Gasteiger partial charge in [0.25, 0.3) is 0 Å². The third-order valence-corrected chi connectivity index (χ3v) is 5.62. The SMILES string of the molecule is CN=C(NCc1ncc(C(C)(C)C)o1)NCC1CCN(Cc2nc(C)c(C)o2)CC1.I. The standard InChI is InChI=1S/C22H36N6O2.HI/c1-15-16(2)29-20(27-15)14-28-9-7-17(8-10-28)11-25-21(23-6)26-13-19-24-12-18(30-19)22(3,4)5;/h12,17H,7-11,13-14H2,1-6H3,(H2,23,25,26);1H. The topological polar surface area (TPSA) is 91.7 Å². The lowest BCUT2D eigenvalue weighted by Gasteiger charge is -2.31. The molecule has 0 saturated carbocycles. The zero-order valence-corrected chi connectivity index (χ0v) is 21.9. The van der Waals surface area contributed by atoms with Crippen LogP contribution < -0.4 is 10.6 Å². The summed E-state index contributed by atoms with van der Waals surface area (Å²) in [7, 11) is 1.79. The van der Waals surface area contributed by atoms with E-state index in [1.807, 2.05) is 20.0 Å². The monoisotopic (exact) mass is 544 g/mol. The normalized spacial score (nSPS) is 16.3. The Morgan fingerprint density at radius 2 is 1.87 bits per heavy atom. The van der Waals surface area contributed by atoms with Crippen LogP contribution in [0, 0.1) is 19.8 Å². The van der Waals surface area contributed by atoms with Gasteiger partial charge in [-0.25, -0.2) is 9.97 Å². The van der Waals surface area contributed by atoms with Crippen molar-refractivity contribution in [2.45, 2.75) is 66.0 Å². The number of hydrogen-bond donors (Lipinski definition) is 2. The predicted molar refractivity (Wildman–Crippen MR) is 133 cm³/mol. The van der Waals surface area contributed by atoms with Crippen molar-refractivity contribution >= 4 is 29.9 Å². The van der Waals surface area contributed by atoms with Crippen molar-refractivity contribution in [1.82, 2.24) is 25.5 Å². The molecule has 1 saturated heterocycles. The molecular weight excluding hydrogens is 507 g/mol. The van der Waals surface area contributed by atoms with E-state index < -0.39 is 0 Å². The van der Waals surface area contributed by atoms with E-state index in [-0.39, 0.29) is 29.4 Å². The fraction of sp³-hybridized carbons (Fsp3) is 0.682. The maximum Gasteiger partial charge on any atom is 0.213 e. The molecule has 174 valence electrons. The predicted octanol–water partition coefficient (Wildman–Crippen LogP) is 3.77. The number of halogens is 1. The Bertz CT molecular complexity index is 827.